The van der Waals surface area contributed by atoms with Gasteiger partial charge in [0.05, 0.1) is 30.2 Å². The summed E-state index contributed by atoms with van der Waals surface area (Å²) in [5.41, 5.74) is -0.463. The van der Waals surface area contributed by atoms with Gasteiger partial charge in [0.25, 0.3) is 0 Å². The predicted molar refractivity (Wildman–Crippen MR) is 64.2 cm³/mol. The third kappa shape index (κ3) is 1.91. The van der Waals surface area contributed by atoms with E-state index in [9.17, 15) is 5.11 Å². The van der Waals surface area contributed by atoms with Gasteiger partial charge in [-0.2, -0.15) is 15.4 Å². The van der Waals surface area contributed by atoms with Gasteiger partial charge < -0.3 is 10.0 Å². The SMILES string of the molecule is O[C@]1(c2cn[nH]n2)CCN(c2ncc(Cl)cn2)C1. The average Bonchev–Trinajstić information content (AvgIpc) is 3.00. The Kier molecular flexibility index (Phi) is 2.64. The number of nitrogens with zero attached hydrogens (tertiary/aromatic N) is 5. The monoisotopic (exact) mass is 266 g/mol. The maximum atomic E-state index is 10.5. The highest BCUT2D eigenvalue weighted by molar-refractivity contribution is 6.30. The van der Waals surface area contributed by atoms with E-state index in [1.54, 1.807) is 0 Å². The molecule has 7 nitrogen and oxygen atoms in total. The van der Waals surface area contributed by atoms with Crippen molar-refractivity contribution in [1.82, 2.24) is 25.4 Å². The topological polar surface area (TPSA) is 90.8 Å². The van der Waals surface area contributed by atoms with Crippen LogP contribution in [0.25, 0.3) is 0 Å². The fourth-order valence-corrected chi connectivity index (χ4v) is 2.17. The lowest BCUT2D eigenvalue weighted by atomic mass is 10.0. The first-order chi connectivity index (χ1) is 8.67. The van der Waals surface area contributed by atoms with Crippen LogP contribution in [0.1, 0.15) is 12.1 Å². The molecule has 0 radical (unpaired) electrons. The van der Waals surface area contributed by atoms with E-state index < -0.39 is 5.60 Å². The third-order valence-corrected chi connectivity index (χ3v) is 3.22. The molecule has 2 aromatic rings. The van der Waals surface area contributed by atoms with Crippen LogP contribution in [-0.4, -0.2) is 43.6 Å². The van der Waals surface area contributed by atoms with Gasteiger partial charge in [-0.15, -0.1) is 0 Å². The van der Waals surface area contributed by atoms with Crippen LogP contribution in [0.2, 0.25) is 5.02 Å². The molecule has 18 heavy (non-hydrogen) atoms. The smallest absolute Gasteiger partial charge is 0.225 e. The van der Waals surface area contributed by atoms with Crippen molar-refractivity contribution in [1.29, 1.82) is 0 Å². The first kappa shape index (κ1) is 11.4. The zero-order valence-corrected chi connectivity index (χ0v) is 10.2. The Labute approximate surface area is 108 Å². The summed E-state index contributed by atoms with van der Waals surface area (Å²) in [4.78, 5) is 10.2. The molecule has 3 rings (SSSR count). The van der Waals surface area contributed by atoms with Crippen LogP contribution in [0.15, 0.2) is 18.6 Å². The molecule has 0 bridgehead atoms. The quantitative estimate of drug-likeness (QED) is 0.815. The lowest BCUT2D eigenvalue weighted by Crippen LogP contribution is -2.31. The Hall–Kier alpha value is -1.73. The molecule has 0 saturated carbocycles. The lowest BCUT2D eigenvalue weighted by molar-refractivity contribution is 0.0559. The van der Waals surface area contributed by atoms with E-state index in [-0.39, 0.29) is 0 Å². The molecule has 8 heteroatoms. The van der Waals surface area contributed by atoms with Gasteiger partial charge >= 0.3 is 0 Å². The van der Waals surface area contributed by atoms with Crippen molar-refractivity contribution in [2.45, 2.75) is 12.0 Å². The zero-order valence-electron chi connectivity index (χ0n) is 9.41. The molecule has 0 amide bonds. The molecular weight excluding hydrogens is 256 g/mol. The van der Waals surface area contributed by atoms with Crippen molar-refractivity contribution < 1.29 is 5.11 Å². The van der Waals surface area contributed by atoms with Crippen molar-refractivity contribution in [3.63, 3.8) is 0 Å². The van der Waals surface area contributed by atoms with E-state index in [1.165, 1.54) is 18.6 Å². The molecule has 2 aromatic heterocycles. The number of hydrogen-bond donors (Lipinski definition) is 2. The summed E-state index contributed by atoms with van der Waals surface area (Å²) in [6.07, 6.45) is 5.17. The van der Waals surface area contributed by atoms with Crippen molar-refractivity contribution in [3.8, 4) is 0 Å². The highest BCUT2D eigenvalue weighted by atomic mass is 35.5. The first-order valence-corrected chi connectivity index (χ1v) is 5.86. The Morgan fingerprint density at radius 1 is 1.33 bits per heavy atom. The van der Waals surface area contributed by atoms with Gasteiger partial charge in [0.1, 0.15) is 11.3 Å². The highest BCUT2D eigenvalue weighted by Crippen LogP contribution is 2.31. The minimum Gasteiger partial charge on any atom is -0.381 e. The lowest BCUT2D eigenvalue weighted by Gasteiger charge is -2.20. The van der Waals surface area contributed by atoms with Gasteiger partial charge in [0.2, 0.25) is 5.95 Å². The van der Waals surface area contributed by atoms with Crippen LogP contribution in [0.3, 0.4) is 0 Å². The van der Waals surface area contributed by atoms with Crippen molar-refractivity contribution in [2.24, 2.45) is 0 Å². The molecule has 1 aliphatic heterocycles. The third-order valence-electron chi connectivity index (χ3n) is 3.03. The summed E-state index contributed by atoms with van der Waals surface area (Å²) in [7, 11) is 0. The molecule has 3 heterocycles. The van der Waals surface area contributed by atoms with Crippen molar-refractivity contribution in [3.05, 3.63) is 29.3 Å². The molecule has 0 aromatic carbocycles. The Morgan fingerprint density at radius 2 is 2.11 bits per heavy atom. The molecule has 1 fully saturated rings. The fourth-order valence-electron chi connectivity index (χ4n) is 2.07. The first-order valence-electron chi connectivity index (χ1n) is 5.48. The molecule has 0 aliphatic carbocycles. The van der Waals surface area contributed by atoms with Crippen molar-refractivity contribution >= 4 is 17.5 Å². The van der Waals surface area contributed by atoms with Crippen LogP contribution >= 0.6 is 11.6 Å². The number of aliphatic hydroxyl groups is 1. The minimum absolute atomic E-state index is 0.390. The van der Waals surface area contributed by atoms with Crippen LogP contribution in [0, 0.1) is 0 Å². The number of rotatable bonds is 2. The second-order valence-electron chi connectivity index (χ2n) is 4.26. The maximum Gasteiger partial charge on any atom is 0.225 e. The van der Waals surface area contributed by atoms with E-state index in [4.69, 9.17) is 11.6 Å². The second-order valence-corrected chi connectivity index (χ2v) is 4.70. The average molecular weight is 267 g/mol. The van der Waals surface area contributed by atoms with Gasteiger partial charge in [-0.1, -0.05) is 11.6 Å². The van der Waals surface area contributed by atoms with E-state index in [0.29, 0.717) is 36.2 Å². The van der Waals surface area contributed by atoms with Gasteiger partial charge in [0.15, 0.2) is 0 Å². The molecular formula is C10H11ClN6O. The zero-order chi connectivity index (χ0) is 12.6. The number of aromatic nitrogens is 5. The number of anilines is 1. The molecule has 1 saturated heterocycles. The van der Waals surface area contributed by atoms with E-state index in [1.807, 2.05) is 4.90 Å². The van der Waals surface area contributed by atoms with E-state index in [0.717, 1.165) is 0 Å². The van der Waals surface area contributed by atoms with Crippen LogP contribution in [-0.2, 0) is 5.60 Å². The summed E-state index contributed by atoms with van der Waals surface area (Å²) in [5, 5.41) is 21.1. The maximum absolute atomic E-state index is 10.5. The van der Waals surface area contributed by atoms with Crippen LogP contribution < -0.4 is 4.90 Å². The number of aromatic amines is 1. The summed E-state index contributed by atoms with van der Waals surface area (Å²) in [6.45, 7) is 1.05. The van der Waals surface area contributed by atoms with Crippen molar-refractivity contribution in [2.75, 3.05) is 18.0 Å². The van der Waals surface area contributed by atoms with Gasteiger partial charge in [-0.25, -0.2) is 9.97 Å². The highest BCUT2D eigenvalue weighted by Gasteiger charge is 2.40. The largest absolute Gasteiger partial charge is 0.381 e. The van der Waals surface area contributed by atoms with Crippen LogP contribution in [0.4, 0.5) is 5.95 Å². The number of H-pyrrole nitrogens is 1. The molecule has 1 atom stereocenters. The van der Waals surface area contributed by atoms with Crippen LogP contribution in [0.5, 0.6) is 0 Å². The molecule has 94 valence electrons. The number of β-amino-alcohol motifs (C(OH)–C–C–N with tert-alkyl or cyclic N) is 1. The number of nitrogens with one attached hydrogen (secondary N) is 1. The van der Waals surface area contributed by atoms with Gasteiger partial charge in [-0.05, 0) is 0 Å². The molecule has 2 N–H and O–H groups in total. The van der Waals surface area contributed by atoms with E-state index in [2.05, 4.69) is 25.4 Å². The summed E-state index contributed by atoms with van der Waals surface area (Å²) >= 11 is 5.74. The fraction of sp³-hybridized carbons (Fsp3) is 0.400. The Bertz CT molecular complexity index is 530. The minimum atomic E-state index is -1.00. The van der Waals surface area contributed by atoms with Gasteiger partial charge in [0, 0.05) is 13.0 Å². The Balaban J connectivity index is 1.81. The summed E-state index contributed by atoms with van der Waals surface area (Å²) < 4.78 is 0. The second kappa shape index (κ2) is 4.18. The molecule has 0 unspecified atom stereocenters. The standard InChI is InChI=1S/C10H11ClN6O/c11-7-3-12-9(13-4-7)17-2-1-10(18,6-17)8-5-14-16-15-8/h3-5,18H,1-2,6H2,(H,14,15,16)/t10-/m1/s1. The Morgan fingerprint density at radius 3 is 2.78 bits per heavy atom. The normalized spacial score (nSPS) is 23.6. The number of halogens is 1. The molecule has 0 spiro atoms. The van der Waals surface area contributed by atoms with Gasteiger partial charge in [-0.3, -0.25) is 0 Å². The number of hydrogen-bond acceptors (Lipinski definition) is 6. The van der Waals surface area contributed by atoms with E-state index >= 15 is 0 Å². The molecule has 1 aliphatic rings. The summed E-state index contributed by atoms with van der Waals surface area (Å²) in [5.74, 6) is 0.554. The summed E-state index contributed by atoms with van der Waals surface area (Å²) in [6, 6.07) is 0. The predicted octanol–water partition coefficient (Wildman–Crippen LogP) is 0.346.